The average Bonchev–Trinajstić information content (AvgIpc) is 3.32. The normalized spacial score (nSPS) is 24.5. The predicted molar refractivity (Wildman–Crippen MR) is 96.7 cm³/mol. The molecule has 2 atom stereocenters. The quantitative estimate of drug-likeness (QED) is 0.876. The molecule has 7 nitrogen and oxygen atoms in total. The van der Waals surface area contributed by atoms with Gasteiger partial charge in [-0.2, -0.15) is 5.10 Å². The number of carbonyl (C=O) groups is 1. The predicted octanol–water partition coefficient (Wildman–Crippen LogP) is 1.98. The van der Waals surface area contributed by atoms with Crippen molar-refractivity contribution in [2.45, 2.75) is 25.3 Å². The van der Waals surface area contributed by atoms with E-state index in [1.165, 1.54) is 0 Å². The van der Waals surface area contributed by atoms with E-state index in [4.69, 9.17) is 9.47 Å². The van der Waals surface area contributed by atoms with Gasteiger partial charge in [-0.05, 0) is 43.4 Å². The Morgan fingerprint density at radius 2 is 2.08 bits per heavy atom. The summed E-state index contributed by atoms with van der Waals surface area (Å²) in [6, 6.07) is 5.90. The molecule has 4 rings (SSSR count). The summed E-state index contributed by atoms with van der Waals surface area (Å²) in [5.74, 6) is 0.809. The smallest absolute Gasteiger partial charge is 0.269 e. The number of rotatable bonds is 4. The minimum Gasteiger partial charge on any atom is -0.381 e. The summed E-state index contributed by atoms with van der Waals surface area (Å²) in [5.41, 5.74) is 2.25. The maximum absolute atomic E-state index is 12.8. The fraction of sp³-hybridized carbons (Fsp3) is 0.579. The highest BCUT2D eigenvalue weighted by molar-refractivity contribution is 5.93. The number of aromatic amines is 1. The molecule has 2 N–H and O–H groups in total. The summed E-state index contributed by atoms with van der Waals surface area (Å²) in [7, 11) is 1.96. The van der Waals surface area contributed by atoms with Crippen molar-refractivity contribution in [3.05, 3.63) is 30.1 Å². The number of carbonyl (C=O) groups excluding carboxylic acids is 1. The molecule has 2 saturated heterocycles. The van der Waals surface area contributed by atoms with Crippen LogP contribution in [0.15, 0.2) is 24.4 Å². The molecule has 2 aromatic rings. The van der Waals surface area contributed by atoms with Gasteiger partial charge in [-0.15, -0.1) is 0 Å². The topological polar surface area (TPSA) is 81.2 Å². The zero-order chi connectivity index (χ0) is 17.9. The van der Waals surface area contributed by atoms with E-state index < -0.39 is 0 Å². The van der Waals surface area contributed by atoms with Crippen molar-refractivity contribution in [3.63, 3.8) is 0 Å². The summed E-state index contributed by atoms with van der Waals surface area (Å²) in [5, 5.41) is 10.4. The summed E-state index contributed by atoms with van der Waals surface area (Å²) in [4.78, 5) is 12.8. The van der Waals surface area contributed by atoms with Crippen LogP contribution in [-0.4, -0.2) is 53.1 Å². The monoisotopic (exact) mass is 358 g/mol. The zero-order valence-electron chi connectivity index (χ0n) is 15.1. The average molecular weight is 358 g/mol. The van der Waals surface area contributed by atoms with Crippen LogP contribution in [0.3, 0.4) is 0 Å². The van der Waals surface area contributed by atoms with Crippen molar-refractivity contribution >= 4 is 5.91 Å². The van der Waals surface area contributed by atoms with Crippen LogP contribution >= 0.6 is 0 Å². The van der Waals surface area contributed by atoms with E-state index in [0.717, 1.165) is 43.9 Å². The molecule has 0 aromatic carbocycles. The molecule has 0 saturated carbocycles. The van der Waals surface area contributed by atoms with Crippen molar-refractivity contribution in [1.82, 2.24) is 20.1 Å². The fourth-order valence-electron chi connectivity index (χ4n) is 4.09. The summed E-state index contributed by atoms with van der Waals surface area (Å²) in [6.45, 7) is 3.03. The molecule has 140 valence electrons. The molecule has 2 aliphatic heterocycles. The number of H-pyrrole nitrogens is 1. The van der Waals surface area contributed by atoms with Crippen LogP contribution in [0.5, 0.6) is 0 Å². The second-order valence-electron chi connectivity index (χ2n) is 7.23. The van der Waals surface area contributed by atoms with Crippen molar-refractivity contribution in [1.29, 1.82) is 0 Å². The van der Waals surface area contributed by atoms with E-state index in [1.54, 1.807) is 0 Å². The van der Waals surface area contributed by atoms with Crippen molar-refractivity contribution < 1.29 is 14.3 Å². The zero-order valence-corrected chi connectivity index (χ0v) is 15.1. The Hall–Kier alpha value is -2.12. The number of amides is 1. The highest BCUT2D eigenvalue weighted by Gasteiger charge is 2.34. The lowest BCUT2D eigenvalue weighted by Gasteiger charge is -2.38. The molecule has 2 aliphatic rings. The lowest BCUT2D eigenvalue weighted by atomic mass is 9.79. The maximum atomic E-state index is 12.8. The second-order valence-corrected chi connectivity index (χ2v) is 7.23. The fourth-order valence-corrected chi connectivity index (χ4v) is 4.09. The van der Waals surface area contributed by atoms with Gasteiger partial charge in [0, 0.05) is 45.0 Å². The first-order valence-electron chi connectivity index (χ1n) is 9.36. The lowest BCUT2D eigenvalue weighted by Crippen LogP contribution is -2.49. The third-order valence-corrected chi connectivity index (χ3v) is 5.62. The second kappa shape index (κ2) is 7.63. The number of nitrogens with zero attached hydrogens (tertiary/aromatic N) is 2. The van der Waals surface area contributed by atoms with E-state index in [0.29, 0.717) is 30.7 Å². The van der Waals surface area contributed by atoms with E-state index >= 15 is 0 Å². The highest BCUT2D eigenvalue weighted by atomic mass is 16.5. The Morgan fingerprint density at radius 1 is 1.27 bits per heavy atom. The largest absolute Gasteiger partial charge is 0.381 e. The van der Waals surface area contributed by atoms with Crippen LogP contribution in [0, 0.1) is 11.8 Å². The van der Waals surface area contributed by atoms with E-state index in [1.807, 2.05) is 36.0 Å². The van der Waals surface area contributed by atoms with Crippen LogP contribution in [-0.2, 0) is 16.5 Å². The number of hydrogen-bond donors (Lipinski definition) is 2. The Labute approximate surface area is 153 Å². The van der Waals surface area contributed by atoms with Gasteiger partial charge in [0.2, 0.25) is 0 Å². The van der Waals surface area contributed by atoms with E-state index in [2.05, 4.69) is 15.5 Å². The Morgan fingerprint density at radius 3 is 2.85 bits per heavy atom. The molecule has 0 aliphatic carbocycles. The Balaban J connectivity index is 1.44. The maximum Gasteiger partial charge on any atom is 0.269 e. The van der Waals surface area contributed by atoms with Crippen LogP contribution in [0.4, 0.5) is 0 Å². The molecule has 1 amide bonds. The summed E-state index contributed by atoms with van der Waals surface area (Å²) >= 11 is 0. The first-order chi connectivity index (χ1) is 12.7. The van der Waals surface area contributed by atoms with Gasteiger partial charge < -0.3 is 19.4 Å². The molecule has 0 spiro atoms. The number of aryl methyl sites for hydroxylation is 1. The molecule has 2 fully saturated rings. The van der Waals surface area contributed by atoms with Crippen LogP contribution in [0.25, 0.3) is 11.4 Å². The first kappa shape index (κ1) is 17.3. The van der Waals surface area contributed by atoms with Gasteiger partial charge in [0.15, 0.2) is 0 Å². The minimum absolute atomic E-state index is 0.0954. The molecule has 7 heteroatoms. The van der Waals surface area contributed by atoms with Crippen molar-refractivity contribution in [2.24, 2.45) is 18.9 Å². The molecular weight excluding hydrogens is 332 g/mol. The summed E-state index contributed by atoms with van der Waals surface area (Å²) in [6.07, 6.45) is 4.90. The molecule has 0 bridgehead atoms. The van der Waals surface area contributed by atoms with Gasteiger partial charge in [-0.3, -0.25) is 9.89 Å². The minimum atomic E-state index is -0.0954. The number of ether oxygens (including phenoxy) is 2. The standard InChI is InChI=1S/C19H26N4O3/c1-23-7-2-3-18(23)16-11-17(22-21-16)19(24)20-15-6-10-26-12-14(15)13-4-8-25-9-5-13/h2-3,7,11,13-15H,4-6,8-10,12H2,1H3,(H,20,24)(H,21,22)/t14-,15-/m0/s1. The van der Waals surface area contributed by atoms with Gasteiger partial charge >= 0.3 is 0 Å². The number of aromatic nitrogens is 3. The molecular formula is C19H26N4O3. The van der Waals surface area contributed by atoms with Crippen LogP contribution in [0.2, 0.25) is 0 Å². The number of hydrogen-bond acceptors (Lipinski definition) is 4. The van der Waals surface area contributed by atoms with Gasteiger partial charge in [0.05, 0.1) is 12.3 Å². The van der Waals surface area contributed by atoms with Crippen molar-refractivity contribution in [2.75, 3.05) is 26.4 Å². The van der Waals surface area contributed by atoms with Gasteiger partial charge in [0.1, 0.15) is 11.4 Å². The van der Waals surface area contributed by atoms with E-state index in [9.17, 15) is 4.79 Å². The Kier molecular flexibility index (Phi) is 5.08. The molecule has 0 radical (unpaired) electrons. The summed E-state index contributed by atoms with van der Waals surface area (Å²) < 4.78 is 13.2. The van der Waals surface area contributed by atoms with Gasteiger partial charge in [-0.25, -0.2) is 0 Å². The Bertz CT molecular complexity index is 748. The van der Waals surface area contributed by atoms with E-state index in [-0.39, 0.29) is 11.9 Å². The first-order valence-corrected chi connectivity index (χ1v) is 9.36. The van der Waals surface area contributed by atoms with Crippen LogP contribution < -0.4 is 5.32 Å². The van der Waals surface area contributed by atoms with Crippen LogP contribution in [0.1, 0.15) is 29.8 Å². The highest BCUT2D eigenvalue weighted by Crippen LogP contribution is 2.30. The molecule has 4 heterocycles. The lowest BCUT2D eigenvalue weighted by molar-refractivity contribution is -0.0259. The third kappa shape index (κ3) is 3.54. The molecule has 26 heavy (non-hydrogen) atoms. The van der Waals surface area contributed by atoms with Gasteiger partial charge in [0.25, 0.3) is 5.91 Å². The molecule has 2 aromatic heterocycles. The molecule has 0 unspecified atom stereocenters. The van der Waals surface area contributed by atoms with Gasteiger partial charge in [-0.1, -0.05) is 0 Å². The third-order valence-electron chi connectivity index (χ3n) is 5.62. The van der Waals surface area contributed by atoms with Crippen molar-refractivity contribution in [3.8, 4) is 11.4 Å². The SMILES string of the molecule is Cn1cccc1-c1cc(C(=O)N[C@H]2CCOC[C@H]2C2CCOCC2)[nH]n1. The number of nitrogens with one attached hydrogen (secondary N) is 2.